The van der Waals surface area contributed by atoms with Crippen molar-refractivity contribution in [2.24, 2.45) is 5.73 Å². The molecular weight excluding hydrogens is 306 g/mol. The van der Waals surface area contributed by atoms with Gasteiger partial charge in [0.05, 0.1) is 0 Å². The fourth-order valence-electron chi connectivity index (χ4n) is 2.57. The van der Waals surface area contributed by atoms with E-state index in [1.807, 2.05) is 26.0 Å². The van der Waals surface area contributed by atoms with Gasteiger partial charge < -0.3 is 20.7 Å². The maximum atomic E-state index is 11.0. The predicted octanol–water partition coefficient (Wildman–Crippen LogP) is 3.26. The van der Waals surface area contributed by atoms with Gasteiger partial charge >= 0.3 is 5.97 Å². The molecule has 0 spiro atoms. The summed E-state index contributed by atoms with van der Waals surface area (Å²) >= 11 is 0. The van der Waals surface area contributed by atoms with Gasteiger partial charge in [-0.2, -0.15) is 0 Å². The van der Waals surface area contributed by atoms with E-state index in [9.17, 15) is 9.90 Å². The van der Waals surface area contributed by atoms with Crippen molar-refractivity contribution in [2.75, 3.05) is 0 Å². The summed E-state index contributed by atoms with van der Waals surface area (Å²) in [5, 5.41) is 18.4. The third-order valence-electron chi connectivity index (χ3n) is 3.89. The third kappa shape index (κ3) is 4.26. The highest BCUT2D eigenvalue weighted by molar-refractivity contribution is 5.73. The molecule has 0 amide bonds. The highest BCUT2D eigenvalue weighted by Crippen LogP contribution is 2.32. The molecule has 0 aliphatic carbocycles. The van der Waals surface area contributed by atoms with Crippen molar-refractivity contribution in [1.29, 1.82) is 0 Å². The summed E-state index contributed by atoms with van der Waals surface area (Å²) in [4.78, 5) is 11.0. The zero-order valence-electron chi connectivity index (χ0n) is 14.0. The van der Waals surface area contributed by atoms with Crippen LogP contribution in [0.25, 0.3) is 0 Å². The van der Waals surface area contributed by atoms with Crippen molar-refractivity contribution in [3.63, 3.8) is 0 Å². The molecule has 0 aliphatic heterocycles. The molecule has 2 rings (SSSR count). The van der Waals surface area contributed by atoms with Gasteiger partial charge in [-0.05, 0) is 60.2 Å². The maximum absolute atomic E-state index is 11.0. The van der Waals surface area contributed by atoms with Gasteiger partial charge in [0.15, 0.2) is 0 Å². The lowest BCUT2D eigenvalue weighted by molar-refractivity contribution is -0.138. The van der Waals surface area contributed by atoms with Crippen molar-refractivity contribution < 1.29 is 19.7 Å². The Kier molecular flexibility index (Phi) is 5.82. The van der Waals surface area contributed by atoms with E-state index < -0.39 is 12.0 Å². The van der Waals surface area contributed by atoms with Gasteiger partial charge in [-0.15, -0.1) is 0 Å². The first kappa shape index (κ1) is 17.8. The van der Waals surface area contributed by atoms with Crippen LogP contribution in [0, 0.1) is 0 Å². The van der Waals surface area contributed by atoms with Crippen LogP contribution in [0.5, 0.6) is 17.2 Å². The van der Waals surface area contributed by atoms with E-state index in [2.05, 4.69) is 0 Å². The van der Waals surface area contributed by atoms with Crippen molar-refractivity contribution in [3.8, 4) is 17.2 Å². The van der Waals surface area contributed by atoms with Gasteiger partial charge in [0.2, 0.25) is 0 Å². The first-order valence-corrected chi connectivity index (χ1v) is 8.04. The number of nitrogens with two attached hydrogens (primary N) is 1. The summed E-state index contributed by atoms with van der Waals surface area (Å²) in [6.07, 6.45) is 1.81. The van der Waals surface area contributed by atoms with Crippen LogP contribution in [0.4, 0.5) is 0 Å². The molecule has 2 aromatic carbocycles. The fraction of sp³-hybridized carbons (Fsp3) is 0.316. The van der Waals surface area contributed by atoms with Crippen LogP contribution >= 0.6 is 0 Å². The molecule has 0 saturated heterocycles. The predicted molar refractivity (Wildman–Crippen MR) is 92.7 cm³/mol. The molecule has 0 heterocycles. The summed E-state index contributed by atoms with van der Waals surface area (Å²) in [6.45, 7) is 4.05. The van der Waals surface area contributed by atoms with Crippen molar-refractivity contribution in [3.05, 3.63) is 53.1 Å². The normalized spacial score (nSPS) is 12.0. The number of ether oxygens (including phenoxy) is 1. The molecule has 5 nitrogen and oxygen atoms in total. The molecule has 0 saturated carbocycles. The summed E-state index contributed by atoms with van der Waals surface area (Å²) in [5.41, 5.74) is 8.57. The smallest absolute Gasteiger partial charge is 0.320 e. The Bertz CT molecular complexity index is 685. The van der Waals surface area contributed by atoms with E-state index in [1.165, 1.54) is 0 Å². The minimum Gasteiger partial charge on any atom is -0.508 e. The van der Waals surface area contributed by atoms with E-state index in [1.54, 1.807) is 24.3 Å². The van der Waals surface area contributed by atoms with Crippen LogP contribution in [0.15, 0.2) is 36.4 Å². The van der Waals surface area contributed by atoms with Crippen LogP contribution < -0.4 is 10.5 Å². The zero-order chi connectivity index (χ0) is 17.7. The number of hydrogen-bond acceptors (Lipinski definition) is 4. The van der Waals surface area contributed by atoms with Crippen molar-refractivity contribution in [1.82, 2.24) is 0 Å². The minimum atomic E-state index is -1.00. The largest absolute Gasteiger partial charge is 0.508 e. The molecule has 2 aromatic rings. The molecule has 1 atom stereocenters. The Balaban J connectivity index is 2.36. The number of carboxylic acid groups (broad SMARTS) is 1. The molecule has 0 fully saturated rings. The molecule has 0 bridgehead atoms. The zero-order valence-corrected chi connectivity index (χ0v) is 14.0. The second kappa shape index (κ2) is 7.84. The number of phenols is 1. The third-order valence-corrected chi connectivity index (χ3v) is 3.89. The van der Waals surface area contributed by atoms with E-state index in [4.69, 9.17) is 15.6 Å². The van der Waals surface area contributed by atoms with E-state index in [-0.39, 0.29) is 12.2 Å². The van der Waals surface area contributed by atoms with Crippen LogP contribution in [0.3, 0.4) is 0 Å². The summed E-state index contributed by atoms with van der Waals surface area (Å²) < 4.78 is 6.03. The van der Waals surface area contributed by atoms with Gasteiger partial charge in [0.1, 0.15) is 23.3 Å². The molecule has 0 aliphatic rings. The number of hydrogen-bond donors (Lipinski definition) is 3. The molecule has 0 aromatic heterocycles. The Morgan fingerprint density at radius 1 is 1.12 bits per heavy atom. The second-order valence-corrected chi connectivity index (χ2v) is 5.70. The highest BCUT2D eigenvalue weighted by Gasteiger charge is 2.16. The van der Waals surface area contributed by atoms with E-state index in [0.717, 1.165) is 35.3 Å². The van der Waals surface area contributed by atoms with Gasteiger partial charge in [0, 0.05) is 0 Å². The number of carboxylic acids is 1. The molecular formula is C19H23NO4. The highest BCUT2D eigenvalue weighted by atomic mass is 16.5. The van der Waals surface area contributed by atoms with E-state index >= 15 is 0 Å². The maximum Gasteiger partial charge on any atom is 0.320 e. The molecule has 128 valence electrons. The Labute approximate surface area is 141 Å². The number of carbonyl (C=O) groups is 1. The van der Waals surface area contributed by atoms with Gasteiger partial charge in [0.25, 0.3) is 0 Å². The second-order valence-electron chi connectivity index (χ2n) is 5.70. The monoisotopic (exact) mass is 329 g/mol. The standard InChI is InChI=1S/C19H23NO4/c1-3-13-9-12(11-17(20)19(22)23)10-14(4-2)18(13)24-16-7-5-15(21)6-8-16/h5-10,17,21H,3-4,11,20H2,1-2H3,(H,22,23). The first-order valence-electron chi connectivity index (χ1n) is 8.04. The molecule has 1 unspecified atom stereocenters. The Morgan fingerprint density at radius 3 is 2.12 bits per heavy atom. The molecule has 4 N–H and O–H groups in total. The van der Waals surface area contributed by atoms with Gasteiger partial charge in [-0.1, -0.05) is 26.0 Å². The number of rotatable bonds is 7. The van der Waals surface area contributed by atoms with Gasteiger partial charge in [-0.25, -0.2) is 0 Å². The fourth-order valence-corrected chi connectivity index (χ4v) is 2.57. The summed E-state index contributed by atoms with van der Waals surface area (Å²) in [7, 11) is 0. The minimum absolute atomic E-state index is 0.187. The van der Waals surface area contributed by atoms with Crippen LogP contribution in [0.1, 0.15) is 30.5 Å². The molecule has 5 heteroatoms. The van der Waals surface area contributed by atoms with Gasteiger partial charge in [-0.3, -0.25) is 4.79 Å². The SMILES string of the molecule is CCc1cc(CC(N)C(=O)O)cc(CC)c1Oc1ccc(O)cc1. The van der Waals surface area contributed by atoms with Crippen molar-refractivity contribution in [2.45, 2.75) is 39.2 Å². The van der Waals surface area contributed by atoms with Crippen LogP contribution in [0.2, 0.25) is 0 Å². The summed E-state index contributed by atoms with van der Waals surface area (Å²) in [6, 6.07) is 9.57. The summed E-state index contributed by atoms with van der Waals surface area (Å²) in [5.74, 6) is 0.618. The van der Waals surface area contributed by atoms with Crippen molar-refractivity contribution >= 4 is 5.97 Å². The van der Waals surface area contributed by atoms with Crippen LogP contribution in [-0.4, -0.2) is 22.2 Å². The Morgan fingerprint density at radius 2 is 1.67 bits per heavy atom. The topological polar surface area (TPSA) is 92.8 Å². The first-order chi connectivity index (χ1) is 11.4. The quantitative estimate of drug-likeness (QED) is 0.725. The van der Waals surface area contributed by atoms with E-state index in [0.29, 0.717) is 5.75 Å². The average Bonchev–Trinajstić information content (AvgIpc) is 2.57. The number of aliphatic carboxylic acids is 1. The lowest BCUT2D eigenvalue weighted by Gasteiger charge is -2.17. The lowest BCUT2D eigenvalue weighted by atomic mass is 9.97. The number of benzene rings is 2. The van der Waals surface area contributed by atoms with Crippen LogP contribution in [-0.2, 0) is 24.1 Å². The number of phenolic OH excluding ortho intramolecular Hbond substituents is 1. The average molecular weight is 329 g/mol. The molecule has 24 heavy (non-hydrogen) atoms. The number of aryl methyl sites for hydroxylation is 2. The number of aromatic hydroxyl groups is 1. The lowest BCUT2D eigenvalue weighted by Crippen LogP contribution is -2.32. The molecule has 0 radical (unpaired) electrons. The Hall–Kier alpha value is -2.53.